The van der Waals surface area contributed by atoms with Crippen molar-refractivity contribution in [3.05, 3.63) is 89.7 Å². The van der Waals surface area contributed by atoms with Gasteiger partial charge in [-0.15, -0.1) is 0 Å². The summed E-state index contributed by atoms with van der Waals surface area (Å²) in [6, 6.07) is 21.1. The number of hydrogen-bond donors (Lipinski definition) is 1. The van der Waals surface area contributed by atoms with Gasteiger partial charge in [-0.3, -0.25) is 4.98 Å². The maximum atomic E-state index is 12.7. The van der Waals surface area contributed by atoms with Crippen molar-refractivity contribution < 1.29 is 14.3 Å². The third-order valence-corrected chi connectivity index (χ3v) is 9.92. The number of aryl methyl sites for hydroxylation is 2. The van der Waals surface area contributed by atoms with E-state index < -0.39 is 0 Å². The Morgan fingerprint density at radius 1 is 0.837 bits per heavy atom. The van der Waals surface area contributed by atoms with Crippen LogP contribution in [0, 0.1) is 37.5 Å². The van der Waals surface area contributed by atoms with Gasteiger partial charge in [0, 0.05) is 30.9 Å². The van der Waals surface area contributed by atoms with Crippen LogP contribution in [-0.4, -0.2) is 29.5 Å². The second-order valence-electron chi connectivity index (χ2n) is 13.2. The lowest BCUT2D eigenvalue weighted by atomic mass is 9.71. The van der Waals surface area contributed by atoms with E-state index in [-0.39, 0.29) is 24.2 Å². The third-order valence-electron chi connectivity index (χ3n) is 9.92. The van der Waals surface area contributed by atoms with Crippen molar-refractivity contribution in [1.29, 1.82) is 0 Å². The Hall–Kier alpha value is -3.18. The maximum absolute atomic E-state index is 12.7. The quantitative estimate of drug-likeness (QED) is 0.206. The van der Waals surface area contributed by atoms with Crippen LogP contribution in [0.2, 0.25) is 0 Å². The van der Waals surface area contributed by atoms with E-state index in [0.717, 1.165) is 63.0 Å². The maximum Gasteiger partial charge on any atom is 0.123 e. The number of aromatic nitrogens is 1. The summed E-state index contributed by atoms with van der Waals surface area (Å²) in [5, 5.41) is 3.91. The molecule has 1 heterocycles. The van der Waals surface area contributed by atoms with Crippen LogP contribution in [0.25, 0.3) is 0 Å². The first-order chi connectivity index (χ1) is 21.0. The minimum atomic E-state index is 0.0178. The van der Waals surface area contributed by atoms with E-state index in [2.05, 4.69) is 91.7 Å². The minimum Gasteiger partial charge on any atom is -0.490 e. The van der Waals surface area contributed by atoms with Crippen LogP contribution < -0.4 is 14.8 Å². The molecule has 0 radical (unpaired) electrons. The molecular weight excluding hydrogens is 532 g/mol. The fourth-order valence-electron chi connectivity index (χ4n) is 7.42. The van der Waals surface area contributed by atoms with Crippen LogP contribution in [0.5, 0.6) is 11.5 Å². The number of carbonyl (C=O) groups is 1. The van der Waals surface area contributed by atoms with E-state index in [1.165, 1.54) is 35.8 Å². The summed E-state index contributed by atoms with van der Waals surface area (Å²) in [6.07, 6.45) is 15.0. The molecule has 2 aliphatic carbocycles. The average molecular weight is 583 g/mol. The summed E-state index contributed by atoms with van der Waals surface area (Å²) < 4.78 is 12.9. The smallest absolute Gasteiger partial charge is 0.123 e. The molecule has 5 rings (SSSR count). The summed E-state index contributed by atoms with van der Waals surface area (Å²) in [5.41, 5.74) is 3.66. The minimum absolute atomic E-state index is 0.0178. The number of carbonyl (C=O) groups excluding carboxylic acids is 1. The molecular formula is C38H50N2O3. The van der Waals surface area contributed by atoms with Gasteiger partial charge in [0.1, 0.15) is 17.8 Å². The molecule has 5 heteroatoms. The van der Waals surface area contributed by atoms with Crippen LogP contribution in [0.4, 0.5) is 0 Å². The zero-order valence-electron chi connectivity index (χ0n) is 26.3. The highest BCUT2D eigenvalue weighted by Gasteiger charge is 2.36. The molecule has 43 heavy (non-hydrogen) atoms. The van der Waals surface area contributed by atoms with Crippen molar-refractivity contribution in [3.8, 4) is 11.5 Å². The Balaban J connectivity index is 1.26. The van der Waals surface area contributed by atoms with Crippen LogP contribution in [0.3, 0.4) is 0 Å². The van der Waals surface area contributed by atoms with Crippen molar-refractivity contribution in [2.24, 2.45) is 23.7 Å². The zero-order valence-corrected chi connectivity index (χ0v) is 26.3. The third kappa shape index (κ3) is 9.15. The van der Waals surface area contributed by atoms with E-state index in [0.29, 0.717) is 17.8 Å². The molecule has 0 aliphatic heterocycles. The van der Waals surface area contributed by atoms with Gasteiger partial charge in [-0.2, -0.15) is 0 Å². The fourth-order valence-corrected chi connectivity index (χ4v) is 7.42. The van der Waals surface area contributed by atoms with Gasteiger partial charge in [-0.1, -0.05) is 31.2 Å². The van der Waals surface area contributed by atoms with Crippen molar-refractivity contribution in [2.45, 2.75) is 103 Å². The molecule has 0 saturated heterocycles. The van der Waals surface area contributed by atoms with Gasteiger partial charge >= 0.3 is 0 Å². The van der Waals surface area contributed by atoms with E-state index in [1.54, 1.807) is 0 Å². The van der Waals surface area contributed by atoms with Crippen LogP contribution >= 0.6 is 0 Å². The molecule has 230 valence electrons. The number of benzene rings is 2. The topological polar surface area (TPSA) is 60.5 Å². The Morgan fingerprint density at radius 3 is 2.00 bits per heavy atom. The number of nitrogens with zero attached hydrogens (tertiary/aromatic N) is 1. The number of pyridine rings is 1. The average Bonchev–Trinajstić information content (AvgIpc) is 3.02. The van der Waals surface area contributed by atoms with Crippen molar-refractivity contribution in [2.75, 3.05) is 0 Å². The number of nitrogens with one attached hydrogen (secondary N) is 1. The predicted octanol–water partition coefficient (Wildman–Crippen LogP) is 8.27. The summed E-state index contributed by atoms with van der Waals surface area (Å²) in [7, 11) is 0. The molecule has 2 saturated carbocycles. The van der Waals surface area contributed by atoms with Crippen molar-refractivity contribution >= 4 is 6.29 Å². The normalized spacial score (nSPS) is 24.4. The molecule has 2 fully saturated rings. The first kappa shape index (κ1) is 31.3. The zero-order chi connectivity index (χ0) is 30.0. The van der Waals surface area contributed by atoms with Gasteiger partial charge in [-0.25, -0.2) is 0 Å². The molecule has 0 bridgehead atoms. The van der Waals surface area contributed by atoms with Crippen LogP contribution in [0.1, 0.15) is 81.4 Å². The first-order valence-electron chi connectivity index (χ1n) is 16.5. The van der Waals surface area contributed by atoms with Gasteiger partial charge in [0.05, 0.1) is 12.2 Å². The number of rotatable bonds is 13. The number of ether oxygens (including phenoxy) is 2. The van der Waals surface area contributed by atoms with Crippen LogP contribution in [0.15, 0.2) is 73.1 Å². The lowest BCUT2D eigenvalue weighted by molar-refractivity contribution is -0.114. The molecule has 7 atom stereocenters. The molecule has 1 N–H and O–H groups in total. The molecule has 5 nitrogen and oxygen atoms in total. The molecule has 1 aromatic heterocycles. The highest BCUT2D eigenvalue weighted by Crippen LogP contribution is 2.38. The molecule has 0 spiro atoms. The molecule has 7 unspecified atom stereocenters. The lowest BCUT2D eigenvalue weighted by Crippen LogP contribution is -2.43. The Morgan fingerprint density at radius 2 is 1.42 bits per heavy atom. The molecule has 2 aliphatic rings. The molecule has 2 aromatic carbocycles. The Labute approximate surface area is 258 Å². The SMILES string of the molecule is Cc1cccc(OC2CCCC(C(C=O)CC(NCc3ccncc3)C(C)C3CCCC(Oc4cccc(C)c4)C3)C2)c1. The van der Waals surface area contributed by atoms with Gasteiger partial charge < -0.3 is 19.6 Å². The highest BCUT2D eigenvalue weighted by molar-refractivity contribution is 5.54. The summed E-state index contributed by atoms with van der Waals surface area (Å²) in [4.78, 5) is 16.9. The predicted molar refractivity (Wildman–Crippen MR) is 173 cm³/mol. The second-order valence-corrected chi connectivity index (χ2v) is 13.2. The van der Waals surface area contributed by atoms with E-state index in [4.69, 9.17) is 9.47 Å². The highest BCUT2D eigenvalue weighted by atomic mass is 16.5. The largest absolute Gasteiger partial charge is 0.490 e. The summed E-state index contributed by atoms with van der Waals surface area (Å²) in [6.45, 7) is 7.39. The lowest BCUT2D eigenvalue weighted by Gasteiger charge is -2.39. The molecule has 3 aromatic rings. The monoisotopic (exact) mass is 582 g/mol. The van der Waals surface area contributed by atoms with Gasteiger partial charge in [0.25, 0.3) is 0 Å². The van der Waals surface area contributed by atoms with Crippen molar-refractivity contribution in [3.63, 3.8) is 0 Å². The van der Waals surface area contributed by atoms with Crippen LogP contribution in [-0.2, 0) is 11.3 Å². The number of hydrogen-bond acceptors (Lipinski definition) is 5. The van der Waals surface area contributed by atoms with E-state index in [9.17, 15) is 4.79 Å². The fraction of sp³-hybridized carbons (Fsp3) is 0.526. The van der Waals surface area contributed by atoms with Gasteiger partial charge in [0.15, 0.2) is 0 Å². The van der Waals surface area contributed by atoms with Gasteiger partial charge in [0.2, 0.25) is 0 Å². The first-order valence-corrected chi connectivity index (χ1v) is 16.5. The Kier molecular flexibility index (Phi) is 11.3. The van der Waals surface area contributed by atoms with E-state index >= 15 is 0 Å². The Bertz CT molecular complexity index is 1280. The summed E-state index contributed by atoms with van der Waals surface area (Å²) in [5.74, 6) is 3.27. The second kappa shape index (κ2) is 15.5. The van der Waals surface area contributed by atoms with Gasteiger partial charge in [-0.05, 0) is 142 Å². The van der Waals surface area contributed by atoms with Crippen molar-refractivity contribution in [1.82, 2.24) is 10.3 Å². The van der Waals surface area contributed by atoms with E-state index in [1.807, 2.05) is 12.4 Å². The molecule has 0 amide bonds. The number of aldehydes is 1. The summed E-state index contributed by atoms with van der Waals surface area (Å²) >= 11 is 0. The standard InChI is InChI=1S/C38H50N2O3/c1-27-8-4-12-34(20-27)42-36-14-6-10-31(22-36)29(3)38(40-25-30-16-18-39-19-17-30)24-33(26-41)32-11-7-15-37(23-32)43-35-13-5-9-28(2)21-35/h4-5,8-9,12-13,16-21,26,29,31-33,36-38,40H,6-7,10-11,14-15,22-25H2,1-3H3.